The molecule has 2 rings (SSSR count). The highest BCUT2D eigenvalue weighted by atomic mass is 19.4. The number of aromatic nitrogens is 2. The van der Waals surface area contributed by atoms with Crippen LogP contribution in [-0.4, -0.2) is 9.78 Å². The predicted molar refractivity (Wildman–Crippen MR) is 66.7 cm³/mol. The van der Waals surface area contributed by atoms with Crippen LogP contribution in [0.3, 0.4) is 0 Å². The van der Waals surface area contributed by atoms with E-state index >= 15 is 0 Å². The molecule has 108 valence electrons. The third kappa shape index (κ3) is 3.09. The van der Waals surface area contributed by atoms with Gasteiger partial charge < -0.3 is 5.32 Å². The van der Waals surface area contributed by atoms with Gasteiger partial charge in [-0.2, -0.15) is 18.3 Å². The summed E-state index contributed by atoms with van der Waals surface area (Å²) in [7, 11) is 1.41. The summed E-state index contributed by atoms with van der Waals surface area (Å²) in [5.74, 6) is -0.441. The maximum atomic E-state index is 13.6. The quantitative estimate of drug-likeness (QED) is 0.876. The Hall–Kier alpha value is -2.05. The van der Waals surface area contributed by atoms with Crippen LogP contribution in [0.15, 0.2) is 24.3 Å². The number of nitrogens with one attached hydrogen (secondary N) is 1. The van der Waals surface area contributed by atoms with Crippen LogP contribution < -0.4 is 5.32 Å². The Balaban J connectivity index is 2.13. The molecule has 20 heavy (non-hydrogen) atoms. The average Bonchev–Trinajstić information content (AvgIpc) is 2.69. The summed E-state index contributed by atoms with van der Waals surface area (Å²) >= 11 is 0. The lowest BCUT2D eigenvalue weighted by atomic mass is 10.2. The van der Waals surface area contributed by atoms with Crippen LogP contribution in [0, 0.1) is 12.7 Å². The molecule has 0 atom stereocenters. The van der Waals surface area contributed by atoms with Crippen molar-refractivity contribution in [3.05, 3.63) is 47.0 Å². The van der Waals surface area contributed by atoms with E-state index in [0.29, 0.717) is 5.69 Å². The van der Waals surface area contributed by atoms with Gasteiger partial charge in [0.25, 0.3) is 0 Å². The molecule has 2 aromatic rings. The molecular weight excluding hydrogens is 274 g/mol. The Kier molecular flexibility index (Phi) is 3.69. The van der Waals surface area contributed by atoms with Crippen molar-refractivity contribution in [3.8, 4) is 0 Å². The number of hydrogen-bond donors (Lipinski definition) is 1. The molecule has 1 aromatic heterocycles. The van der Waals surface area contributed by atoms with Gasteiger partial charge in [0, 0.05) is 7.05 Å². The van der Waals surface area contributed by atoms with Crippen LogP contribution in [0.2, 0.25) is 0 Å². The maximum Gasteiger partial charge on any atom is 0.435 e. The maximum absolute atomic E-state index is 13.6. The number of benzene rings is 1. The van der Waals surface area contributed by atoms with E-state index < -0.39 is 17.7 Å². The van der Waals surface area contributed by atoms with Crippen LogP contribution in [0.5, 0.6) is 0 Å². The van der Waals surface area contributed by atoms with Gasteiger partial charge in [-0.05, 0) is 30.7 Å². The van der Waals surface area contributed by atoms with Crippen molar-refractivity contribution in [1.82, 2.24) is 9.78 Å². The van der Waals surface area contributed by atoms with Crippen molar-refractivity contribution in [2.45, 2.75) is 19.6 Å². The first kappa shape index (κ1) is 14.4. The van der Waals surface area contributed by atoms with Crippen LogP contribution >= 0.6 is 0 Å². The molecular formula is C13H13F4N3. The van der Waals surface area contributed by atoms with Crippen molar-refractivity contribution in [2.75, 3.05) is 5.32 Å². The third-order valence-corrected chi connectivity index (χ3v) is 2.85. The molecule has 0 aliphatic heterocycles. The number of halogens is 4. The number of nitrogens with zero attached hydrogens (tertiary/aromatic N) is 2. The first-order valence-electron chi connectivity index (χ1n) is 5.87. The van der Waals surface area contributed by atoms with Crippen LogP contribution in [0.1, 0.15) is 17.0 Å². The van der Waals surface area contributed by atoms with Crippen LogP contribution in [-0.2, 0) is 19.8 Å². The smallest absolute Gasteiger partial charge is 0.377 e. The van der Waals surface area contributed by atoms with Gasteiger partial charge in [0.1, 0.15) is 5.82 Å². The monoisotopic (exact) mass is 287 g/mol. The normalized spacial score (nSPS) is 11.7. The molecule has 0 aliphatic rings. The first-order chi connectivity index (χ1) is 9.27. The summed E-state index contributed by atoms with van der Waals surface area (Å²) in [5.41, 5.74) is 0.372. The van der Waals surface area contributed by atoms with Crippen molar-refractivity contribution >= 4 is 5.69 Å². The van der Waals surface area contributed by atoms with Gasteiger partial charge in [-0.25, -0.2) is 4.39 Å². The van der Waals surface area contributed by atoms with Gasteiger partial charge in [-0.3, -0.25) is 4.68 Å². The molecule has 0 aliphatic carbocycles. The minimum atomic E-state index is -4.48. The van der Waals surface area contributed by atoms with Gasteiger partial charge >= 0.3 is 6.18 Å². The minimum absolute atomic E-state index is 0.0551. The van der Waals surface area contributed by atoms with E-state index in [1.54, 1.807) is 19.1 Å². The molecule has 0 amide bonds. The van der Waals surface area contributed by atoms with E-state index in [-0.39, 0.29) is 12.2 Å². The predicted octanol–water partition coefficient (Wildman–Crippen LogP) is 3.50. The van der Waals surface area contributed by atoms with Crippen molar-refractivity contribution in [3.63, 3.8) is 0 Å². The molecule has 1 N–H and O–H groups in total. The number of alkyl halides is 3. The number of aryl methyl sites for hydroxylation is 2. The van der Waals surface area contributed by atoms with Gasteiger partial charge in [0.2, 0.25) is 0 Å². The zero-order valence-electron chi connectivity index (χ0n) is 10.9. The van der Waals surface area contributed by atoms with Crippen LogP contribution in [0.25, 0.3) is 0 Å². The topological polar surface area (TPSA) is 29.9 Å². The molecule has 3 nitrogen and oxygen atoms in total. The fourth-order valence-corrected chi connectivity index (χ4v) is 1.76. The number of hydrogen-bond acceptors (Lipinski definition) is 2. The lowest BCUT2D eigenvalue weighted by molar-refractivity contribution is -0.141. The van der Waals surface area contributed by atoms with Crippen molar-refractivity contribution in [2.24, 2.45) is 7.05 Å². The fraction of sp³-hybridized carbons (Fsp3) is 0.308. The van der Waals surface area contributed by atoms with Crippen molar-refractivity contribution < 1.29 is 17.6 Å². The van der Waals surface area contributed by atoms with E-state index in [4.69, 9.17) is 0 Å². The molecule has 1 heterocycles. The Labute approximate surface area is 113 Å². The summed E-state index contributed by atoms with van der Waals surface area (Å²) in [6.07, 6.45) is -4.48. The summed E-state index contributed by atoms with van der Waals surface area (Å²) in [5, 5.41) is 6.15. The SMILES string of the molecule is Cc1ccc(NCc2cc(C(F)(F)F)nn2C)c(F)c1. The summed E-state index contributed by atoms with van der Waals surface area (Å²) in [6.45, 7) is 1.81. The van der Waals surface area contributed by atoms with E-state index in [1.807, 2.05) is 0 Å². The molecule has 7 heteroatoms. The Morgan fingerprint density at radius 1 is 1.25 bits per heavy atom. The van der Waals surface area contributed by atoms with Gasteiger partial charge in [-0.15, -0.1) is 0 Å². The molecule has 0 unspecified atom stereocenters. The van der Waals surface area contributed by atoms with Gasteiger partial charge in [-0.1, -0.05) is 6.07 Å². The van der Waals surface area contributed by atoms with E-state index in [9.17, 15) is 17.6 Å². The molecule has 0 saturated heterocycles. The van der Waals surface area contributed by atoms with E-state index in [1.165, 1.54) is 13.1 Å². The zero-order chi connectivity index (χ0) is 14.9. The highest BCUT2D eigenvalue weighted by molar-refractivity contribution is 5.46. The summed E-state index contributed by atoms with van der Waals surface area (Å²) in [6, 6.07) is 5.56. The van der Waals surface area contributed by atoms with Gasteiger partial charge in [0.15, 0.2) is 5.69 Å². The first-order valence-corrected chi connectivity index (χ1v) is 5.87. The molecule has 0 spiro atoms. The summed E-state index contributed by atoms with van der Waals surface area (Å²) in [4.78, 5) is 0. The van der Waals surface area contributed by atoms with Crippen LogP contribution in [0.4, 0.5) is 23.2 Å². The van der Waals surface area contributed by atoms with Crippen molar-refractivity contribution in [1.29, 1.82) is 0 Å². The second-order valence-electron chi connectivity index (χ2n) is 4.48. The second-order valence-corrected chi connectivity index (χ2v) is 4.48. The zero-order valence-corrected chi connectivity index (χ0v) is 10.9. The van der Waals surface area contributed by atoms with E-state index in [2.05, 4.69) is 10.4 Å². The fourth-order valence-electron chi connectivity index (χ4n) is 1.76. The van der Waals surface area contributed by atoms with E-state index in [0.717, 1.165) is 16.3 Å². The minimum Gasteiger partial charge on any atom is -0.377 e. The molecule has 0 fully saturated rings. The molecule has 0 saturated carbocycles. The van der Waals surface area contributed by atoms with Gasteiger partial charge in [0.05, 0.1) is 17.9 Å². The Morgan fingerprint density at radius 3 is 2.50 bits per heavy atom. The second kappa shape index (κ2) is 5.15. The highest BCUT2D eigenvalue weighted by Crippen LogP contribution is 2.28. The standard InChI is InChI=1S/C13H13F4N3/c1-8-3-4-11(10(14)5-8)18-7-9-6-12(13(15,16)17)19-20(9)2/h3-6,18H,7H2,1-2H3. The molecule has 1 aromatic carbocycles. The Bertz CT molecular complexity index is 617. The lowest BCUT2D eigenvalue weighted by Crippen LogP contribution is -2.07. The number of rotatable bonds is 3. The number of anilines is 1. The lowest BCUT2D eigenvalue weighted by Gasteiger charge is -2.08. The highest BCUT2D eigenvalue weighted by Gasteiger charge is 2.34. The Morgan fingerprint density at radius 2 is 1.95 bits per heavy atom. The largest absolute Gasteiger partial charge is 0.435 e. The third-order valence-electron chi connectivity index (χ3n) is 2.85. The molecule has 0 radical (unpaired) electrons. The summed E-state index contributed by atoms with van der Waals surface area (Å²) < 4.78 is 52.2. The molecule has 0 bridgehead atoms. The average molecular weight is 287 g/mol.